The molecule has 1 aliphatic carbocycles. The van der Waals surface area contributed by atoms with Crippen LogP contribution < -0.4 is 0 Å². The number of nitrogens with zero attached hydrogens (tertiary/aromatic N) is 1. The van der Waals surface area contributed by atoms with Crippen molar-refractivity contribution in [2.45, 2.75) is 35.6 Å². The van der Waals surface area contributed by atoms with Gasteiger partial charge in [-0.2, -0.15) is 0 Å². The maximum Gasteiger partial charge on any atom is 0.192 e. The summed E-state index contributed by atoms with van der Waals surface area (Å²) in [4.78, 5) is 5.67. The van der Waals surface area contributed by atoms with Gasteiger partial charge in [-0.15, -0.1) is 0 Å². The molecule has 0 aliphatic heterocycles. The van der Waals surface area contributed by atoms with Gasteiger partial charge in [0.1, 0.15) is 10.8 Å². The van der Waals surface area contributed by atoms with Crippen LogP contribution >= 0.6 is 27.7 Å². The van der Waals surface area contributed by atoms with Crippen LogP contribution in [-0.4, -0.2) is 4.98 Å². The van der Waals surface area contributed by atoms with Gasteiger partial charge in [0.05, 0.1) is 0 Å². The SMILES string of the molecule is Cc1nc(Sc2ccc(Br)cc2)c(C2CC2)o1. The number of oxazole rings is 1. The number of benzene rings is 1. The summed E-state index contributed by atoms with van der Waals surface area (Å²) in [5.41, 5.74) is 0. The van der Waals surface area contributed by atoms with Crippen LogP contribution in [0, 0.1) is 6.92 Å². The molecule has 0 N–H and O–H groups in total. The summed E-state index contributed by atoms with van der Waals surface area (Å²) < 4.78 is 6.79. The lowest BCUT2D eigenvalue weighted by Crippen LogP contribution is -1.80. The van der Waals surface area contributed by atoms with E-state index in [1.807, 2.05) is 19.1 Å². The molecule has 17 heavy (non-hydrogen) atoms. The molecule has 88 valence electrons. The Morgan fingerprint density at radius 1 is 1.29 bits per heavy atom. The molecule has 1 aliphatic rings. The molecule has 0 bridgehead atoms. The molecule has 2 nitrogen and oxygen atoms in total. The van der Waals surface area contributed by atoms with Crippen LogP contribution in [0.5, 0.6) is 0 Å². The summed E-state index contributed by atoms with van der Waals surface area (Å²) in [5.74, 6) is 2.45. The van der Waals surface area contributed by atoms with Gasteiger partial charge in [0.15, 0.2) is 5.89 Å². The number of hydrogen-bond acceptors (Lipinski definition) is 3. The van der Waals surface area contributed by atoms with Gasteiger partial charge in [0.2, 0.25) is 0 Å². The molecule has 0 spiro atoms. The number of rotatable bonds is 3. The van der Waals surface area contributed by atoms with Crippen molar-refractivity contribution in [3.8, 4) is 0 Å². The predicted molar refractivity (Wildman–Crippen MR) is 71.5 cm³/mol. The van der Waals surface area contributed by atoms with Crippen LogP contribution in [-0.2, 0) is 0 Å². The highest BCUT2D eigenvalue weighted by molar-refractivity contribution is 9.10. The van der Waals surface area contributed by atoms with Crippen LogP contribution in [0.25, 0.3) is 0 Å². The van der Waals surface area contributed by atoms with Crippen molar-refractivity contribution >= 4 is 27.7 Å². The summed E-state index contributed by atoms with van der Waals surface area (Å²) in [6.45, 7) is 1.91. The standard InChI is InChI=1S/C13H12BrNOS/c1-8-15-13(12(16-8)9-2-3-9)17-11-6-4-10(14)5-7-11/h4-7,9H,2-3H2,1H3. The zero-order valence-corrected chi connectivity index (χ0v) is 11.8. The average molecular weight is 310 g/mol. The zero-order valence-electron chi connectivity index (χ0n) is 9.44. The van der Waals surface area contributed by atoms with Gasteiger partial charge in [-0.05, 0) is 37.1 Å². The van der Waals surface area contributed by atoms with E-state index < -0.39 is 0 Å². The number of aromatic nitrogens is 1. The molecule has 1 fully saturated rings. The van der Waals surface area contributed by atoms with Gasteiger partial charge in [0, 0.05) is 22.2 Å². The van der Waals surface area contributed by atoms with E-state index in [1.165, 1.54) is 17.7 Å². The molecule has 1 heterocycles. The molecule has 4 heteroatoms. The van der Waals surface area contributed by atoms with Gasteiger partial charge in [-0.25, -0.2) is 4.98 Å². The quantitative estimate of drug-likeness (QED) is 0.816. The molecule has 1 saturated carbocycles. The smallest absolute Gasteiger partial charge is 0.192 e. The predicted octanol–water partition coefficient (Wildman–Crippen LogP) is 4.77. The Labute approximate surface area is 113 Å². The first-order chi connectivity index (χ1) is 8.22. The molecule has 0 unspecified atom stereocenters. The summed E-state index contributed by atoms with van der Waals surface area (Å²) >= 11 is 5.13. The van der Waals surface area contributed by atoms with E-state index in [9.17, 15) is 0 Å². The second-order valence-corrected chi connectivity index (χ2v) is 6.21. The Morgan fingerprint density at radius 3 is 2.65 bits per heavy atom. The van der Waals surface area contributed by atoms with Gasteiger partial charge in [-0.3, -0.25) is 0 Å². The normalized spacial score (nSPS) is 15.2. The first-order valence-corrected chi connectivity index (χ1v) is 7.24. The highest BCUT2D eigenvalue weighted by Gasteiger charge is 2.31. The average Bonchev–Trinajstić information content (AvgIpc) is 3.07. The second-order valence-electron chi connectivity index (χ2n) is 4.23. The minimum Gasteiger partial charge on any atom is -0.444 e. The van der Waals surface area contributed by atoms with Crippen LogP contribution in [0.2, 0.25) is 0 Å². The van der Waals surface area contributed by atoms with Crippen LogP contribution in [0.1, 0.15) is 30.4 Å². The summed E-state index contributed by atoms with van der Waals surface area (Å²) in [6, 6.07) is 8.28. The minimum atomic E-state index is 0.606. The molecule has 3 rings (SSSR count). The van der Waals surface area contributed by atoms with Crippen LogP contribution in [0.3, 0.4) is 0 Å². The van der Waals surface area contributed by atoms with Gasteiger partial charge in [0.25, 0.3) is 0 Å². The molecule has 0 amide bonds. The van der Waals surface area contributed by atoms with E-state index in [0.717, 1.165) is 21.1 Å². The first kappa shape index (κ1) is 11.4. The van der Waals surface area contributed by atoms with Crippen molar-refractivity contribution in [3.63, 3.8) is 0 Å². The Bertz CT molecular complexity index is 531. The molecule has 0 saturated heterocycles. The summed E-state index contributed by atoms with van der Waals surface area (Å²) in [6.07, 6.45) is 2.48. The highest BCUT2D eigenvalue weighted by Crippen LogP contribution is 2.45. The third kappa shape index (κ3) is 2.58. The third-order valence-corrected chi connectivity index (χ3v) is 4.23. The van der Waals surface area contributed by atoms with E-state index >= 15 is 0 Å². The Balaban J connectivity index is 1.86. The molecule has 0 radical (unpaired) electrons. The van der Waals surface area contributed by atoms with Crippen molar-refractivity contribution < 1.29 is 4.42 Å². The van der Waals surface area contributed by atoms with E-state index in [1.54, 1.807) is 11.8 Å². The molecule has 0 atom stereocenters. The van der Waals surface area contributed by atoms with E-state index in [-0.39, 0.29) is 0 Å². The van der Waals surface area contributed by atoms with Crippen molar-refractivity contribution in [2.75, 3.05) is 0 Å². The Morgan fingerprint density at radius 2 is 2.00 bits per heavy atom. The molecule has 1 aromatic carbocycles. The second kappa shape index (κ2) is 4.50. The minimum absolute atomic E-state index is 0.606. The molecular formula is C13H12BrNOS. The number of hydrogen-bond donors (Lipinski definition) is 0. The topological polar surface area (TPSA) is 26.0 Å². The van der Waals surface area contributed by atoms with Gasteiger partial charge in [-0.1, -0.05) is 27.7 Å². The molecule has 1 aromatic heterocycles. The molecular weight excluding hydrogens is 298 g/mol. The maximum atomic E-state index is 5.69. The van der Waals surface area contributed by atoms with Gasteiger partial charge >= 0.3 is 0 Å². The Kier molecular flexibility index (Phi) is 3.01. The van der Waals surface area contributed by atoms with Crippen molar-refractivity contribution in [1.29, 1.82) is 0 Å². The number of aryl methyl sites for hydroxylation is 1. The van der Waals surface area contributed by atoms with Crippen LogP contribution in [0.4, 0.5) is 0 Å². The maximum absolute atomic E-state index is 5.69. The van der Waals surface area contributed by atoms with Crippen molar-refractivity contribution in [3.05, 3.63) is 40.4 Å². The zero-order chi connectivity index (χ0) is 11.8. The fraction of sp³-hybridized carbons (Fsp3) is 0.308. The van der Waals surface area contributed by atoms with Crippen molar-refractivity contribution in [1.82, 2.24) is 4.98 Å². The third-order valence-electron chi connectivity index (χ3n) is 2.70. The van der Waals surface area contributed by atoms with Crippen LogP contribution in [0.15, 0.2) is 43.1 Å². The first-order valence-electron chi connectivity index (χ1n) is 5.63. The summed E-state index contributed by atoms with van der Waals surface area (Å²) in [7, 11) is 0. The highest BCUT2D eigenvalue weighted by atomic mass is 79.9. The largest absolute Gasteiger partial charge is 0.444 e. The summed E-state index contributed by atoms with van der Waals surface area (Å²) in [5, 5.41) is 1.03. The van der Waals surface area contributed by atoms with E-state index in [0.29, 0.717) is 5.92 Å². The van der Waals surface area contributed by atoms with Crippen molar-refractivity contribution in [2.24, 2.45) is 0 Å². The molecule has 2 aromatic rings. The lowest BCUT2D eigenvalue weighted by Gasteiger charge is -2.00. The lowest BCUT2D eigenvalue weighted by molar-refractivity contribution is 0.472. The fourth-order valence-corrected chi connectivity index (χ4v) is 2.96. The fourth-order valence-electron chi connectivity index (χ4n) is 1.71. The Hall–Kier alpha value is -0.740. The van der Waals surface area contributed by atoms with E-state index in [2.05, 4.69) is 33.0 Å². The number of halogens is 1. The lowest BCUT2D eigenvalue weighted by atomic mass is 10.3. The van der Waals surface area contributed by atoms with E-state index in [4.69, 9.17) is 4.42 Å². The van der Waals surface area contributed by atoms with Gasteiger partial charge < -0.3 is 4.42 Å². The monoisotopic (exact) mass is 309 g/mol.